The Bertz CT molecular complexity index is 592. The molecule has 0 radical (unpaired) electrons. The normalized spacial score (nSPS) is 14.9. The molecule has 0 aliphatic heterocycles. The fraction of sp³-hybridized carbons (Fsp3) is 0.643. The minimum Gasteiger partial charge on any atom is -0.480 e. The first-order valence-corrected chi connectivity index (χ1v) is 9.34. The Labute approximate surface area is 172 Å². The van der Waals surface area contributed by atoms with Crippen LogP contribution in [0.15, 0.2) is 0 Å². The lowest BCUT2D eigenvalue weighted by Crippen LogP contribution is -2.58. The van der Waals surface area contributed by atoms with E-state index in [1.54, 1.807) is 0 Å². The summed E-state index contributed by atoms with van der Waals surface area (Å²) >= 11 is 7.76. The summed E-state index contributed by atoms with van der Waals surface area (Å²) in [5.41, 5.74) is 10.4. The van der Waals surface area contributed by atoms with E-state index in [4.69, 9.17) is 21.7 Å². The zero-order valence-electron chi connectivity index (χ0n) is 14.8. The predicted octanol–water partition coefficient (Wildman–Crippen LogP) is -4.03. The molecule has 0 rings (SSSR count). The van der Waals surface area contributed by atoms with Crippen LogP contribution in [0.2, 0.25) is 0 Å². The van der Waals surface area contributed by atoms with Gasteiger partial charge in [-0.1, -0.05) is 0 Å². The van der Waals surface area contributed by atoms with Gasteiger partial charge >= 0.3 is 5.97 Å². The summed E-state index contributed by atoms with van der Waals surface area (Å²) in [6.45, 7) is -0.669. The largest absolute Gasteiger partial charge is 0.480 e. The van der Waals surface area contributed by atoms with Crippen molar-refractivity contribution in [2.24, 2.45) is 11.5 Å². The van der Waals surface area contributed by atoms with Gasteiger partial charge in [-0.05, 0) is 6.42 Å². The number of amides is 4. The number of aliphatic carboxylic acids is 1. The number of carboxylic acids is 1. The maximum absolute atomic E-state index is 12.4. The van der Waals surface area contributed by atoms with Crippen molar-refractivity contribution in [2.75, 3.05) is 18.1 Å². The number of aliphatic hydroxyl groups is 1. The van der Waals surface area contributed by atoms with Crippen molar-refractivity contribution < 1.29 is 34.2 Å². The molecule has 4 unspecified atom stereocenters. The Hall–Kier alpha value is -2.03. The Morgan fingerprint density at radius 1 is 0.857 bits per heavy atom. The molecule has 0 heterocycles. The van der Waals surface area contributed by atoms with Gasteiger partial charge in [0.05, 0.1) is 6.61 Å². The van der Waals surface area contributed by atoms with Crippen molar-refractivity contribution in [3.05, 3.63) is 0 Å². The van der Waals surface area contributed by atoms with Gasteiger partial charge < -0.3 is 37.6 Å². The van der Waals surface area contributed by atoms with Crippen LogP contribution in [0, 0.1) is 0 Å². The smallest absolute Gasteiger partial charge is 0.327 e. The number of hydrogen-bond donors (Lipinski definition) is 9. The summed E-state index contributed by atoms with van der Waals surface area (Å²) in [6, 6.07) is -5.06. The first-order valence-electron chi connectivity index (χ1n) is 8.07. The van der Waals surface area contributed by atoms with Crippen LogP contribution in [0.4, 0.5) is 0 Å². The third-order valence-electron chi connectivity index (χ3n) is 3.46. The topological polar surface area (TPSA) is 214 Å². The van der Waals surface area contributed by atoms with Crippen LogP contribution in [-0.2, 0) is 24.0 Å². The van der Waals surface area contributed by atoms with Crippen molar-refractivity contribution >= 4 is 54.9 Å². The van der Waals surface area contributed by atoms with Crippen molar-refractivity contribution in [2.45, 2.75) is 37.0 Å². The molecular weight excluding hydrogens is 414 g/mol. The number of nitrogens with two attached hydrogens (primary N) is 2. The van der Waals surface area contributed by atoms with Crippen LogP contribution in [-0.4, -0.2) is 82.1 Å². The first-order chi connectivity index (χ1) is 13.1. The number of thiol groups is 2. The number of carbonyl (C=O) groups excluding carboxylic acids is 4. The van der Waals surface area contributed by atoms with E-state index < -0.39 is 60.4 Å². The van der Waals surface area contributed by atoms with Gasteiger partial charge in [-0.25, -0.2) is 4.79 Å². The molecule has 0 bridgehead atoms. The number of rotatable bonds is 13. The van der Waals surface area contributed by atoms with Gasteiger partial charge in [0.2, 0.25) is 23.6 Å². The lowest BCUT2D eigenvalue weighted by Gasteiger charge is -2.23. The average molecular weight is 440 g/mol. The fourth-order valence-electron chi connectivity index (χ4n) is 1.84. The van der Waals surface area contributed by atoms with Crippen LogP contribution in [0.5, 0.6) is 0 Å². The number of carboxylic acid groups (broad SMARTS) is 1. The molecular formula is C14H25N5O7S2. The molecule has 0 aromatic rings. The van der Waals surface area contributed by atoms with E-state index >= 15 is 0 Å². The average Bonchev–Trinajstić information content (AvgIpc) is 2.65. The highest BCUT2D eigenvalue weighted by Gasteiger charge is 2.29. The van der Waals surface area contributed by atoms with E-state index in [1.165, 1.54) is 0 Å². The molecule has 160 valence electrons. The first kappa shape index (κ1) is 26.0. The molecule has 0 fully saturated rings. The van der Waals surface area contributed by atoms with E-state index in [-0.39, 0.29) is 24.3 Å². The van der Waals surface area contributed by atoms with E-state index in [0.717, 1.165) is 0 Å². The zero-order chi connectivity index (χ0) is 21.9. The maximum Gasteiger partial charge on any atom is 0.327 e. The molecule has 0 spiro atoms. The third kappa shape index (κ3) is 9.25. The standard InChI is InChI=1S/C14H25N5O7S2/c15-6(3-20)11(22)17-7(1-2-10(16)21)12(23)18-8(4-27)13(24)19-9(5-28)14(25)26/h6-9,20,27-28H,1-5,15H2,(H2,16,21)(H,17,22)(H,18,23)(H,19,24)(H,25,26). The van der Waals surface area contributed by atoms with E-state index in [1.807, 2.05) is 0 Å². The zero-order valence-corrected chi connectivity index (χ0v) is 16.6. The SMILES string of the molecule is NC(=O)CCC(NC(=O)C(N)CO)C(=O)NC(CS)C(=O)NC(CS)C(=O)O. The van der Waals surface area contributed by atoms with Crippen molar-refractivity contribution in [1.29, 1.82) is 0 Å². The molecule has 0 aromatic carbocycles. The molecule has 0 saturated carbocycles. The maximum atomic E-state index is 12.4. The highest BCUT2D eigenvalue weighted by molar-refractivity contribution is 7.80. The predicted molar refractivity (Wildman–Crippen MR) is 105 cm³/mol. The molecule has 4 atom stereocenters. The Kier molecular flexibility index (Phi) is 12.2. The second-order valence-corrected chi connectivity index (χ2v) is 6.41. The monoisotopic (exact) mass is 439 g/mol. The number of hydrogen-bond acceptors (Lipinski definition) is 9. The number of primary amides is 1. The van der Waals surface area contributed by atoms with E-state index in [9.17, 15) is 24.0 Å². The molecule has 0 aliphatic carbocycles. The highest BCUT2D eigenvalue weighted by Crippen LogP contribution is 2.01. The quantitative estimate of drug-likeness (QED) is 0.128. The van der Waals surface area contributed by atoms with Gasteiger partial charge in [0.25, 0.3) is 0 Å². The van der Waals surface area contributed by atoms with Crippen molar-refractivity contribution in [1.82, 2.24) is 16.0 Å². The van der Waals surface area contributed by atoms with Gasteiger partial charge in [-0.2, -0.15) is 25.3 Å². The molecule has 14 heteroatoms. The fourth-order valence-corrected chi connectivity index (χ4v) is 2.35. The number of aliphatic hydroxyl groups excluding tert-OH is 1. The summed E-state index contributed by atoms with van der Waals surface area (Å²) in [7, 11) is 0. The third-order valence-corrected chi connectivity index (χ3v) is 4.19. The summed E-state index contributed by atoms with van der Waals surface area (Å²) in [4.78, 5) is 58.4. The molecule has 28 heavy (non-hydrogen) atoms. The Balaban J connectivity index is 5.16. The van der Waals surface area contributed by atoms with Gasteiger partial charge in [-0.15, -0.1) is 0 Å². The molecule has 9 N–H and O–H groups in total. The van der Waals surface area contributed by atoms with Crippen LogP contribution in [0.1, 0.15) is 12.8 Å². The number of nitrogens with one attached hydrogen (secondary N) is 3. The number of carbonyl (C=O) groups is 5. The van der Waals surface area contributed by atoms with Crippen LogP contribution >= 0.6 is 25.3 Å². The minimum atomic E-state index is -1.31. The van der Waals surface area contributed by atoms with Crippen LogP contribution < -0.4 is 27.4 Å². The molecule has 0 aromatic heterocycles. The van der Waals surface area contributed by atoms with Gasteiger partial charge in [-0.3, -0.25) is 19.2 Å². The Morgan fingerprint density at radius 2 is 1.32 bits per heavy atom. The van der Waals surface area contributed by atoms with E-state index in [0.29, 0.717) is 0 Å². The van der Waals surface area contributed by atoms with Gasteiger partial charge in [0.1, 0.15) is 24.2 Å². The summed E-state index contributed by atoms with van der Waals surface area (Å²) < 4.78 is 0. The summed E-state index contributed by atoms with van der Waals surface area (Å²) in [5.74, 6) is -4.89. The molecule has 12 nitrogen and oxygen atoms in total. The minimum absolute atomic E-state index is 0.176. The van der Waals surface area contributed by atoms with Crippen LogP contribution in [0.25, 0.3) is 0 Å². The second kappa shape index (κ2) is 13.2. The van der Waals surface area contributed by atoms with Gasteiger partial charge in [0, 0.05) is 17.9 Å². The van der Waals surface area contributed by atoms with Crippen LogP contribution in [0.3, 0.4) is 0 Å². The summed E-state index contributed by atoms with van der Waals surface area (Å²) in [5, 5.41) is 24.6. The highest BCUT2D eigenvalue weighted by atomic mass is 32.1. The van der Waals surface area contributed by atoms with Crippen molar-refractivity contribution in [3.63, 3.8) is 0 Å². The summed E-state index contributed by atoms with van der Waals surface area (Å²) in [6.07, 6.45) is -0.425. The second-order valence-electron chi connectivity index (χ2n) is 5.68. The molecule has 0 aliphatic rings. The molecule has 4 amide bonds. The van der Waals surface area contributed by atoms with Crippen molar-refractivity contribution in [3.8, 4) is 0 Å². The lowest BCUT2D eigenvalue weighted by molar-refractivity contribution is -0.141. The molecule has 0 saturated heterocycles. The Morgan fingerprint density at radius 3 is 1.75 bits per heavy atom. The lowest BCUT2D eigenvalue weighted by atomic mass is 10.1. The van der Waals surface area contributed by atoms with Gasteiger partial charge in [0.15, 0.2) is 0 Å². The van der Waals surface area contributed by atoms with E-state index in [2.05, 4.69) is 41.2 Å².